The van der Waals surface area contributed by atoms with Crippen molar-refractivity contribution in [2.24, 2.45) is 0 Å². The van der Waals surface area contributed by atoms with E-state index in [4.69, 9.17) is 9.52 Å². The van der Waals surface area contributed by atoms with Crippen molar-refractivity contribution in [3.05, 3.63) is 40.0 Å². The molecule has 0 unspecified atom stereocenters. The topological polar surface area (TPSA) is 63.3 Å². The number of furan rings is 1. The zero-order valence-electron chi connectivity index (χ0n) is 9.59. The average Bonchev–Trinajstić information content (AvgIpc) is 2.93. The Kier molecular flexibility index (Phi) is 3.12. The van der Waals surface area contributed by atoms with E-state index in [9.17, 15) is 4.79 Å². The minimum Gasteiger partial charge on any atom is -0.481 e. The van der Waals surface area contributed by atoms with Crippen molar-refractivity contribution < 1.29 is 14.3 Å². The van der Waals surface area contributed by atoms with Crippen LogP contribution in [0.3, 0.4) is 0 Å². The number of hydrogen-bond acceptors (Lipinski definition) is 4. The predicted molar refractivity (Wildman–Crippen MR) is 76.4 cm³/mol. The van der Waals surface area contributed by atoms with Crippen LogP contribution in [0.1, 0.15) is 4.88 Å². The van der Waals surface area contributed by atoms with E-state index in [-0.39, 0.29) is 6.42 Å². The Morgan fingerprint density at radius 1 is 1.42 bits per heavy atom. The highest BCUT2D eigenvalue weighted by Crippen LogP contribution is 2.36. The first kappa shape index (κ1) is 12.4. The molecule has 0 saturated heterocycles. The largest absolute Gasteiger partial charge is 0.481 e. The number of benzene rings is 1. The number of hydrogen-bond donors (Lipinski definition) is 1. The van der Waals surface area contributed by atoms with Gasteiger partial charge in [0.25, 0.3) is 0 Å². The van der Waals surface area contributed by atoms with Crippen LogP contribution in [0.4, 0.5) is 0 Å². The highest BCUT2D eigenvalue weighted by atomic mass is 79.9. The molecular weight excluding hydrogens is 330 g/mol. The Balaban J connectivity index is 2.09. The number of carboxylic acid groups (broad SMARTS) is 1. The van der Waals surface area contributed by atoms with Crippen molar-refractivity contribution >= 4 is 44.2 Å². The Bertz CT molecular complexity index is 762. The molecule has 2 aromatic heterocycles. The number of thiazole rings is 1. The molecule has 6 heteroatoms. The highest BCUT2D eigenvalue weighted by Gasteiger charge is 2.16. The van der Waals surface area contributed by atoms with Gasteiger partial charge in [0, 0.05) is 5.39 Å². The second kappa shape index (κ2) is 4.79. The Morgan fingerprint density at radius 2 is 2.21 bits per heavy atom. The molecule has 3 aromatic rings. The third kappa shape index (κ3) is 2.29. The van der Waals surface area contributed by atoms with Crippen molar-refractivity contribution in [2.45, 2.75) is 6.42 Å². The maximum atomic E-state index is 10.8. The summed E-state index contributed by atoms with van der Waals surface area (Å²) in [4.78, 5) is 15.8. The fourth-order valence-corrected chi connectivity index (χ4v) is 3.48. The summed E-state index contributed by atoms with van der Waals surface area (Å²) in [6.45, 7) is 0. The standard InChI is InChI=1S/C13H8BrNO3S/c14-12-10(5-11(16)17)19-13(15-12)8-6-18-9-4-2-1-3-7(8)9/h1-4,6H,5H2,(H,16,17). The Morgan fingerprint density at radius 3 is 3.00 bits per heavy atom. The zero-order valence-corrected chi connectivity index (χ0v) is 12.0. The van der Waals surface area contributed by atoms with Crippen molar-refractivity contribution in [3.63, 3.8) is 0 Å². The van der Waals surface area contributed by atoms with Crippen LogP contribution in [0, 0.1) is 0 Å². The molecule has 1 N–H and O–H groups in total. The van der Waals surface area contributed by atoms with Gasteiger partial charge in [0.15, 0.2) is 0 Å². The maximum absolute atomic E-state index is 10.8. The maximum Gasteiger partial charge on any atom is 0.308 e. The van der Waals surface area contributed by atoms with Gasteiger partial charge in [-0.25, -0.2) is 4.98 Å². The molecule has 0 bridgehead atoms. The van der Waals surface area contributed by atoms with Crippen LogP contribution in [-0.4, -0.2) is 16.1 Å². The summed E-state index contributed by atoms with van der Waals surface area (Å²) in [6, 6.07) is 7.69. The number of halogens is 1. The third-order valence-corrected chi connectivity index (χ3v) is 4.68. The fraction of sp³-hybridized carbons (Fsp3) is 0.0769. The second-order valence-corrected chi connectivity index (χ2v) is 5.78. The highest BCUT2D eigenvalue weighted by molar-refractivity contribution is 9.10. The van der Waals surface area contributed by atoms with Gasteiger partial charge < -0.3 is 9.52 Å². The van der Waals surface area contributed by atoms with E-state index in [1.165, 1.54) is 11.3 Å². The molecule has 0 saturated carbocycles. The molecule has 0 radical (unpaired) electrons. The van der Waals surface area contributed by atoms with E-state index in [1.807, 2.05) is 24.3 Å². The summed E-state index contributed by atoms with van der Waals surface area (Å²) in [5, 5.41) is 10.6. The number of carbonyl (C=O) groups is 1. The zero-order chi connectivity index (χ0) is 13.4. The van der Waals surface area contributed by atoms with Crippen molar-refractivity contribution in [2.75, 3.05) is 0 Å². The Labute approximate surface area is 120 Å². The second-order valence-electron chi connectivity index (χ2n) is 3.95. The number of carboxylic acids is 1. The van der Waals surface area contributed by atoms with Crippen molar-refractivity contribution in [1.82, 2.24) is 4.98 Å². The van der Waals surface area contributed by atoms with Gasteiger partial charge in [0.05, 0.1) is 16.9 Å². The van der Waals surface area contributed by atoms with Crippen LogP contribution in [0.25, 0.3) is 21.5 Å². The Hall–Kier alpha value is -1.66. The molecule has 0 aliphatic heterocycles. The predicted octanol–water partition coefficient (Wildman–Crippen LogP) is 3.95. The summed E-state index contributed by atoms with van der Waals surface area (Å²) >= 11 is 4.66. The number of rotatable bonds is 3. The van der Waals surface area contributed by atoms with E-state index in [1.54, 1.807) is 6.26 Å². The number of nitrogens with zero attached hydrogens (tertiary/aromatic N) is 1. The van der Waals surface area contributed by atoms with Gasteiger partial charge in [-0.05, 0) is 22.0 Å². The summed E-state index contributed by atoms with van der Waals surface area (Å²) in [7, 11) is 0. The van der Waals surface area contributed by atoms with Gasteiger partial charge >= 0.3 is 5.97 Å². The molecular formula is C13H8BrNO3S. The van der Waals surface area contributed by atoms with Crippen LogP contribution < -0.4 is 0 Å². The van der Waals surface area contributed by atoms with E-state index >= 15 is 0 Å². The fourth-order valence-electron chi connectivity index (χ4n) is 1.84. The lowest BCUT2D eigenvalue weighted by molar-refractivity contribution is -0.136. The van der Waals surface area contributed by atoms with Crippen molar-refractivity contribution in [1.29, 1.82) is 0 Å². The van der Waals surface area contributed by atoms with E-state index < -0.39 is 5.97 Å². The van der Waals surface area contributed by atoms with Crippen LogP contribution in [0.2, 0.25) is 0 Å². The normalized spacial score (nSPS) is 11.0. The smallest absolute Gasteiger partial charge is 0.308 e. The van der Waals surface area contributed by atoms with Crippen LogP contribution in [-0.2, 0) is 11.2 Å². The molecule has 0 atom stereocenters. The monoisotopic (exact) mass is 337 g/mol. The number of aromatic nitrogens is 1. The van der Waals surface area contributed by atoms with Gasteiger partial charge in [-0.2, -0.15) is 0 Å². The summed E-state index contributed by atoms with van der Waals surface area (Å²) in [5.74, 6) is -0.868. The molecule has 1 aromatic carbocycles. The molecule has 0 amide bonds. The van der Waals surface area contributed by atoms with Gasteiger partial charge in [-0.15, -0.1) is 11.3 Å². The number of aliphatic carboxylic acids is 1. The van der Waals surface area contributed by atoms with Crippen LogP contribution >= 0.6 is 27.3 Å². The molecule has 0 aliphatic rings. The molecule has 0 spiro atoms. The first-order valence-electron chi connectivity index (χ1n) is 5.49. The summed E-state index contributed by atoms with van der Waals surface area (Å²) in [5.41, 5.74) is 1.68. The minimum absolute atomic E-state index is 0.0337. The number of para-hydroxylation sites is 1. The van der Waals surface area contributed by atoms with Gasteiger partial charge in [-0.3, -0.25) is 4.79 Å². The minimum atomic E-state index is -0.868. The lowest BCUT2D eigenvalue weighted by atomic mass is 10.2. The lowest BCUT2D eigenvalue weighted by Crippen LogP contribution is -1.98. The molecule has 0 aliphatic carbocycles. The third-order valence-electron chi connectivity index (χ3n) is 2.67. The summed E-state index contributed by atoms with van der Waals surface area (Å²) < 4.78 is 6.05. The van der Waals surface area contributed by atoms with E-state index in [0.29, 0.717) is 9.48 Å². The van der Waals surface area contributed by atoms with E-state index in [0.717, 1.165) is 21.5 Å². The molecule has 19 heavy (non-hydrogen) atoms. The van der Waals surface area contributed by atoms with Gasteiger partial charge in [0.1, 0.15) is 21.5 Å². The first-order chi connectivity index (χ1) is 9.15. The molecule has 4 nitrogen and oxygen atoms in total. The quantitative estimate of drug-likeness (QED) is 0.786. The first-order valence-corrected chi connectivity index (χ1v) is 7.09. The lowest BCUT2D eigenvalue weighted by Gasteiger charge is -1.91. The number of fused-ring (bicyclic) bond motifs is 1. The average molecular weight is 338 g/mol. The van der Waals surface area contributed by atoms with Gasteiger partial charge in [-0.1, -0.05) is 18.2 Å². The molecule has 3 rings (SSSR count). The van der Waals surface area contributed by atoms with Crippen LogP contribution in [0.15, 0.2) is 39.5 Å². The van der Waals surface area contributed by atoms with Crippen LogP contribution in [0.5, 0.6) is 0 Å². The molecule has 0 fully saturated rings. The van der Waals surface area contributed by atoms with Gasteiger partial charge in [0.2, 0.25) is 0 Å². The molecule has 2 heterocycles. The SMILES string of the molecule is O=C(O)Cc1sc(-c2coc3ccccc23)nc1Br. The molecule has 96 valence electrons. The summed E-state index contributed by atoms with van der Waals surface area (Å²) in [6.07, 6.45) is 1.62. The van der Waals surface area contributed by atoms with Crippen molar-refractivity contribution in [3.8, 4) is 10.6 Å². The van der Waals surface area contributed by atoms with E-state index in [2.05, 4.69) is 20.9 Å².